The van der Waals surface area contributed by atoms with E-state index < -0.39 is 12.1 Å². The normalized spacial score (nSPS) is 16.8. The van der Waals surface area contributed by atoms with E-state index in [2.05, 4.69) is 4.98 Å². The molecule has 4 rings (SSSR count). The van der Waals surface area contributed by atoms with Crippen LogP contribution in [0.25, 0.3) is 10.2 Å². The van der Waals surface area contributed by atoms with Gasteiger partial charge in [-0.1, -0.05) is 42.1 Å². The van der Waals surface area contributed by atoms with Gasteiger partial charge in [-0.2, -0.15) is 0 Å². The van der Waals surface area contributed by atoms with Crippen molar-refractivity contribution in [2.24, 2.45) is 0 Å². The van der Waals surface area contributed by atoms with Crippen LogP contribution >= 0.6 is 23.1 Å². The molecule has 0 radical (unpaired) electrons. The lowest BCUT2D eigenvalue weighted by Crippen LogP contribution is -2.43. The minimum absolute atomic E-state index is 0.0585. The summed E-state index contributed by atoms with van der Waals surface area (Å²) in [6, 6.07) is 15.8. The number of ether oxygens (including phenoxy) is 1. The zero-order valence-corrected chi connectivity index (χ0v) is 17.3. The molecule has 3 aromatic rings. The summed E-state index contributed by atoms with van der Waals surface area (Å²) in [5.74, 6) is -0.468. The molecule has 1 amide bonds. The average Bonchev–Trinajstić information content (AvgIpc) is 3.25. The second-order valence-corrected chi connectivity index (χ2v) is 9.01. The standard InChI is InChI=1S/C21H20N2O3S2/c1-13-11-15-7-3-5-9-17(15)23(13)20(25)14(2)26-19(24)12-27-21-22-16-8-4-6-10-18(16)28-21/h3-10,13-14H,11-12H2,1-2H3/t13-,14+/m1/s1. The van der Waals surface area contributed by atoms with Crippen molar-refractivity contribution in [2.75, 3.05) is 10.7 Å². The van der Waals surface area contributed by atoms with E-state index in [1.54, 1.807) is 23.2 Å². The maximum absolute atomic E-state index is 12.9. The molecule has 5 nitrogen and oxygen atoms in total. The first kappa shape index (κ1) is 19.0. The van der Waals surface area contributed by atoms with Crippen molar-refractivity contribution in [1.29, 1.82) is 0 Å². The Morgan fingerprint density at radius 3 is 2.82 bits per heavy atom. The molecule has 0 aliphatic carbocycles. The van der Waals surface area contributed by atoms with Gasteiger partial charge in [0.25, 0.3) is 5.91 Å². The van der Waals surface area contributed by atoms with Crippen LogP contribution in [-0.4, -0.2) is 34.8 Å². The van der Waals surface area contributed by atoms with Crippen LogP contribution in [0.3, 0.4) is 0 Å². The number of benzene rings is 2. The number of hydrogen-bond donors (Lipinski definition) is 0. The summed E-state index contributed by atoms with van der Waals surface area (Å²) >= 11 is 2.88. The molecule has 1 aromatic heterocycles. The van der Waals surface area contributed by atoms with Gasteiger partial charge < -0.3 is 9.64 Å². The predicted molar refractivity (Wildman–Crippen MR) is 113 cm³/mol. The number of anilines is 1. The van der Waals surface area contributed by atoms with Crippen molar-refractivity contribution in [1.82, 2.24) is 4.98 Å². The molecule has 0 bridgehead atoms. The van der Waals surface area contributed by atoms with Gasteiger partial charge in [-0.3, -0.25) is 9.59 Å². The molecule has 2 aromatic carbocycles. The van der Waals surface area contributed by atoms with Gasteiger partial charge in [-0.05, 0) is 44.0 Å². The van der Waals surface area contributed by atoms with Crippen molar-refractivity contribution in [3.63, 3.8) is 0 Å². The number of thiazole rings is 1. The van der Waals surface area contributed by atoms with Crippen molar-refractivity contribution in [3.05, 3.63) is 54.1 Å². The Kier molecular flexibility index (Phi) is 5.37. The highest BCUT2D eigenvalue weighted by molar-refractivity contribution is 8.01. The Hall–Kier alpha value is -2.38. The van der Waals surface area contributed by atoms with Crippen molar-refractivity contribution >= 4 is 50.9 Å². The molecule has 0 saturated heterocycles. The number of carbonyl (C=O) groups excluding carboxylic acids is 2. The lowest BCUT2D eigenvalue weighted by atomic mass is 10.1. The highest BCUT2D eigenvalue weighted by Crippen LogP contribution is 2.33. The van der Waals surface area contributed by atoms with Gasteiger partial charge in [0.2, 0.25) is 0 Å². The summed E-state index contributed by atoms with van der Waals surface area (Å²) in [6.45, 7) is 3.64. The number of fused-ring (bicyclic) bond motifs is 2. The second-order valence-electron chi connectivity index (χ2n) is 6.76. The first-order valence-corrected chi connectivity index (χ1v) is 10.9. The van der Waals surface area contributed by atoms with Crippen LogP contribution in [0.2, 0.25) is 0 Å². The zero-order chi connectivity index (χ0) is 19.7. The number of nitrogens with zero attached hydrogens (tertiary/aromatic N) is 2. The lowest BCUT2D eigenvalue weighted by molar-refractivity contribution is -0.151. The molecule has 0 saturated carbocycles. The fourth-order valence-corrected chi connectivity index (χ4v) is 5.26. The SMILES string of the molecule is C[C@H](OC(=O)CSc1nc2ccccc2s1)C(=O)N1c2ccccc2C[C@H]1C. The molecule has 2 atom stereocenters. The summed E-state index contributed by atoms with van der Waals surface area (Å²) < 4.78 is 7.31. The number of esters is 1. The van der Waals surface area contributed by atoms with Gasteiger partial charge >= 0.3 is 5.97 Å². The van der Waals surface area contributed by atoms with E-state index in [9.17, 15) is 9.59 Å². The number of hydrogen-bond acceptors (Lipinski definition) is 6. The minimum Gasteiger partial charge on any atom is -0.452 e. The molecule has 0 fully saturated rings. The first-order valence-electron chi connectivity index (χ1n) is 9.12. The topological polar surface area (TPSA) is 59.5 Å². The highest BCUT2D eigenvalue weighted by atomic mass is 32.2. The van der Waals surface area contributed by atoms with Gasteiger partial charge in [0.05, 0.1) is 16.0 Å². The van der Waals surface area contributed by atoms with Gasteiger partial charge in [-0.25, -0.2) is 4.98 Å². The van der Waals surface area contributed by atoms with E-state index in [1.165, 1.54) is 11.8 Å². The van der Waals surface area contributed by atoms with Crippen LogP contribution < -0.4 is 4.90 Å². The van der Waals surface area contributed by atoms with Gasteiger partial charge in [0, 0.05) is 11.7 Å². The third kappa shape index (κ3) is 3.77. The summed E-state index contributed by atoms with van der Waals surface area (Å²) in [7, 11) is 0. The molecular weight excluding hydrogens is 392 g/mol. The van der Waals surface area contributed by atoms with Crippen LogP contribution in [0, 0.1) is 0 Å². The molecular formula is C21H20N2O3S2. The van der Waals surface area contributed by atoms with Gasteiger partial charge in [0.1, 0.15) is 0 Å². The Bertz CT molecular complexity index is 1000. The summed E-state index contributed by atoms with van der Waals surface area (Å²) in [5.41, 5.74) is 2.98. The van der Waals surface area contributed by atoms with Crippen LogP contribution in [-0.2, 0) is 20.7 Å². The number of amides is 1. The number of carbonyl (C=O) groups is 2. The molecule has 0 spiro atoms. The minimum atomic E-state index is -0.822. The average molecular weight is 413 g/mol. The quantitative estimate of drug-likeness (QED) is 0.462. The number of aromatic nitrogens is 1. The molecule has 0 N–H and O–H groups in total. The van der Waals surface area contributed by atoms with Crippen LogP contribution in [0.15, 0.2) is 52.9 Å². The second kappa shape index (κ2) is 7.93. The molecule has 0 unspecified atom stereocenters. The fourth-order valence-electron chi connectivity index (χ4n) is 3.41. The summed E-state index contributed by atoms with van der Waals surface area (Å²) in [5, 5.41) is 0. The lowest BCUT2D eigenvalue weighted by Gasteiger charge is -2.25. The van der Waals surface area contributed by atoms with Gasteiger partial charge in [0.15, 0.2) is 10.4 Å². The van der Waals surface area contributed by atoms with E-state index in [-0.39, 0.29) is 17.7 Å². The summed E-state index contributed by atoms with van der Waals surface area (Å²) in [6.07, 6.45) is -0.00664. The summed E-state index contributed by atoms with van der Waals surface area (Å²) in [4.78, 5) is 31.4. The van der Waals surface area contributed by atoms with Gasteiger partial charge in [-0.15, -0.1) is 11.3 Å². The van der Waals surface area contributed by atoms with Crippen molar-refractivity contribution in [2.45, 2.75) is 36.8 Å². The van der Waals surface area contributed by atoms with Crippen LogP contribution in [0.5, 0.6) is 0 Å². The predicted octanol–water partition coefficient (Wildman–Crippen LogP) is 4.30. The Balaban J connectivity index is 1.36. The van der Waals surface area contributed by atoms with E-state index >= 15 is 0 Å². The number of para-hydroxylation sites is 2. The largest absolute Gasteiger partial charge is 0.452 e. The molecule has 1 aliphatic heterocycles. The number of thioether (sulfide) groups is 1. The van der Waals surface area contributed by atoms with Crippen LogP contribution in [0.1, 0.15) is 19.4 Å². The van der Waals surface area contributed by atoms with Crippen molar-refractivity contribution < 1.29 is 14.3 Å². The van der Waals surface area contributed by atoms with E-state index in [1.807, 2.05) is 55.5 Å². The Labute approximate surface area is 171 Å². The zero-order valence-electron chi connectivity index (χ0n) is 15.6. The molecule has 144 valence electrons. The molecule has 1 aliphatic rings. The first-order chi connectivity index (χ1) is 13.5. The molecule has 28 heavy (non-hydrogen) atoms. The maximum Gasteiger partial charge on any atom is 0.317 e. The van der Waals surface area contributed by atoms with E-state index in [0.717, 1.165) is 32.2 Å². The third-order valence-electron chi connectivity index (χ3n) is 4.69. The highest BCUT2D eigenvalue weighted by Gasteiger charge is 2.34. The molecule has 2 heterocycles. The van der Waals surface area contributed by atoms with E-state index in [0.29, 0.717) is 0 Å². The number of rotatable bonds is 5. The Morgan fingerprint density at radius 1 is 1.25 bits per heavy atom. The third-order valence-corrected chi connectivity index (χ3v) is 6.84. The van der Waals surface area contributed by atoms with Crippen molar-refractivity contribution in [3.8, 4) is 0 Å². The van der Waals surface area contributed by atoms with E-state index in [4.69, 9.17) is 4.74 Å². The monoisotopic (exact) mass is 412 g/mol. The fraction of sp³-hybridized carbons (Fsp3) is 0.286. The van der Waals surface area contributed by atoms with Crippen LogP contribution in [0.4, 0.5) is 5.69 Å². The maximum atomic E-state index is 12.9. The Morgan fingerprint density at radius 2 is 2.00 bits per heavy atom. The molecule has 7 heteroatoms. The smallest absolute Gasteiger partial charge is 0.317 e.